The Hall–Kier alpha value is -0.530. The Morgan fingerprint density at radius 1 is 1.23 bits per heavy atom. The van der Waals surface area contributed by atoms with E-state index in [0.717, 1.165) is 30.1 Å². The third kappa shape index (κ3) is 3.86. The number of rotatable bonds is 6. The smallest absolute Gasteiger partial charge is 0.306 e. The minimum atomic E-state index is -0.0241. The van der Waals surface area contributed by atoms with Gasteiger partial charge in [0, 0.05) is 6.42 Å². The number of fused-ring (bicyclic) bond motifs is 1. The molecule has 2 saturated carbocycles. The standard InChI is InChI=1S/C20H36O2/c1-14(2)22-19(21)10-6-8-15(3)17-11-12-18-16(4)9-7-13-20(17,18)5/h14-18H,6-13H2,1-5H3/t15-,16-,17+,18-,20+/m0/s1. The molecule has 0 saturated heterocycles. The molecule has 0 aromatic carbocycles. The van der Waals surface area contributed by atoms with Gasteiger partial charge in [0.2, 0.25) is 0 Å². The lowest BCUT2D eigenvalue weighted by molar-refractivity contribution is -0.147. The van der Waals surface area contributed by atoms with Crippen LogP contribution in [0, 0.1) is 29.1 Å². The van der Waals surface area contributed by atoms with Crippen molar-refractivity contribution in [1.29, 1.82) is 0 Å². The molecule has 2 aliphatic rings. The van der Waals surface area contributed by atoms with Crippen molar-refractivity contribution in [3.05, 3.63) is 0 Å². The molecule has 0 aliphatic heterocycles. The van der Waals surface area contributed by atoms with Crippen LogP contribution in [0.15, 0.2) is 0 Å². The summed E-state index contributed by atoms with van der Waals surface area (Å²) in [6, 6.07) is 0. The first-order valence-corrected chi connectivity index (χ1v) is 9.54. The molecule has 2 aliphatic carbocycles. The molecular formula is C20H36O2. The maximum atomic E-state index is 11.7. The van der Waals surface area contributed by atoms with Crippen molar-refractivity contribution in [2.45, 2.75) is 92.1 Å². The lowest BCUT2D eigenvalue weighted by Crippen LogP contribution is -2.38. The topological polar surface area (TPSA) is 26.3 Å². The van der Waals surface area contributed by atoms with Crippen LogP contribution in [0.1, 0.15) is 86.0 Å². The van der Waals surface area contributed by atoms with Crippen LogP contribution in [0.4, 0.5) is 0 Å². The SMILES string of the molecule is CC(C)OC(=O)CCC[C@H](C)[C@H]1CC[C@H]2[C@@H](C)CCC[C@]12C. The average Bonchev–Trinajstić information content (AvgIpc) is 2.76. The van der Waals surface area contributed by atoms with E-state index in [1.165, 1.54) is 38.5 Å². The van der Waals surface area contributed by atoms with Gasteiger partial charge >= 0.3 is 5.97 Å². The monoisotopic (exact) mass is 308 g/mol. The first-order chi connectivity index (χ1) is 10.3. The zero-order valence-electron chi connectivity index (χ0n) is 15.4. The molecule has 0 heterocycles. The molecule has 2 nitrogen and oxygen atoms in total. The number of esters is 1. The fourth-order valence-electron chi connectivity index (χ4n) is 5.63. The molecule has 0 radical (unpaired) electrons. The second-order valence-corrected chi connectivity index (χ2v) is 8.57. The normalized spacial score (nSPS) is 36.2. The summed E-state index contributed by atoms with van der Waals surface area (Å²) in [5.74, 6) is 3.44. The van der Waals surface area contributed by atoms with Crippen LogP contribution in [0.25, 0.3) is 0 Å². The summed E-state index contributed by atoms with van der Waals surface area (Å²) in [5, 5.41) is 0. The van der Waals surface area contributed by atoms with E-state index < -0.39 is 0 Å². The van der Waals surface area contributed by atoms with Crippen molar-refractivity contribution in [1.82, 2.24) is 0 Å². The fraction of sp³-hybridized carbons (Fsp3) is 0.950. The summed E-state index contributed by atoms with van der Waals surface area (Å²) >= 11 is 0. The van der Waals surface area contributed by atoms with Gasteiger partial charge in [0.25, 0.3) is 0 Å². The molecule has 0 aromatic rings. The van der Waals surface area contributed by atoms with E-state index in [4.69, 9.17) is 4.74 Å². The van der Waals surface area contributed by atoms with Gasteiger partial charge in [0.15, 0.2) is 0 Å². The molecule has 0 spiro atoms. The Kier molecular flexibility index (Phi) is 5.96. The Morgan fingerprint density at radius 3 is 2.64 bits per heavy atom. The quantitative estimate of drug-likeness (QED) is 0.597. The highest BCUT2D eigenvalue weighted by Gasteiger charge is 2.51. The summed E-state index contributed by atoms with van der Waals surface area (Å²) in [6.45, 7) is 11.3. The molecule has 0 unspecified atom stereocenters. The Balaban J connectivity index is 1.83. The second-order valence-electron chi connectivity index (χ2n) is 8.57. The van der Waals surface area contributed by atoms with Gasteiger partial charge in [-0.2, -0.15) is 0 Å². The molecule has 0 N–H and O–H groups in total. The van der Waals surface area contributed by atoms with Crippen molar-refractivity contribution in [2.75, 3.05) is 0 Å². The van der Waals surface area contributed by atoms with Gasteiger partial charge in [0.1, 0.15) is 0 Å². The number of hydrogen-bond acceptors (Lipinski definition) is 2. The maximum Gasteiger partial charge on any atom is 0.306 e. The molecule has 128 valence electrons. The lowest BCUT2D eigenvalue weighted by atomic mass is 9.59. The summed E-state index contributed by atoms with van der Waals surface area (Å²) in [6.07, 6.45) is 9.88. The van der Waals surface area contributed by atoms with Gasteiger partial charge in [-0.25, -0.2) is 0 Å². The molecule has 5 atom stereocenters. The second kappa shape index (κ2) is 7.36. The van der Waals surface area contributed by atoms with Gasteiger partial charge in [-0.05, 0) is 75.0 Å². The van der Waals surface area contributed by atoms with Gasteiger partial charge in [-0.1, -0.05) is 33.6 Å². The highest BCUT2D eigenvalue weighted by molar-refractivity contribution is 5.69. The average molecular weight is 309 g/mol. The van der Waals surface area contributed by atoms with E-state index >= 15 is 0 Å². The lowest BCUT2D eigenvalue weighted by Gasteiger charge is -2.46. The van der Waals surface area contributed by atoms with Gasteiger partial charge in [0.05, 0.1) is 6.10 Å². The molecule has 2 heteroatoms. The van der Waals surface area contributed by atoms with Gasteiger partial charge in [-0.3, -0.25) is 4.79 Å². The third-order valence-electron chi connectivity index (χ3n) is 6.64. The number of carbonyl (C=O) groups excluding carboxylic acids is 1. The van der Waals surface area contributed by atoms with E-state index in [-0.39, 0.29) is 12.1 Å². The zero-order chi connectivity index (χ0) is 16.3. The Labute approximate surface area is 137 Å². The van der Waals surface area contributed by atoms with Crippen LogP contribution >= 0.6 is 0 Å². The van der Waals surface area contributed by atoms with Gasteiger partial charge in [-0.15, -0.1) is 0 Å². The van der Waals surface area contributed by atoms with E-state index in [2.05, 4.69) is 20.8 Å². The molecular weight excluding hydrogens is 272 g/mol. The van der Waals surface area contributed by atoms with Crippen LogP contribution in [0.2, 0.25) is 0 Å². The summed E-state index contributed by atoms with van der Waals surface area (Å²) in [7, 11) is 0. The van der Waals surface area contributed by atoms with E-state index in [1.807, 2.05) is 13.8 Å². The van der Waals surface area contributed by atoms with Crippen LogP contribution in [0.5, 0.6) is 0 Å². The van der Waals surface area contributed by atoms with Crippen LogP contribution in [-0.4, -0.2) is 12.1 Å². The Bertz CT molecular complexity index is 376. The maximum absolute atomic E-state index is 11.7. The highest BCUT2D eigenvalue weighted by atomic mass is 16.5. The molecule has 22 heavy (non-hydrogen) atoms. The number of hydrogen-bond donors (Lipinski definition) is 0. The van der Waals surface area contributed by atoms with E-state index in [1.54, 1.807) is 0 Å². The predicted molar refractivity (Wildman–Crippen MR) is 91.6 cm³/mol. The minimum Gasteiger partial charge on any atom is -0.463 e. The van der Waals surface area contributed by atoms with Crippen LogP contribution < -0.4 is 0 Å². The minimum absolute atomic E-state index is 0.0168. The van der Waals surface area contributed by atoms with Crippen LogP contribution in [0.3, 0.4) is 0 Å². The van der Waals surface area contributed by atoms with Crippen molar-refractivity contribution in [3.63, 3.8) is 0 Å². The highest BCUT2D eigenvalue weighted by Crippen LogP contribution is 2.59. The van der Waals surface area contributed by atoms with E-state index in [0.29, 0.717) is 11.8 Å². The Morgan fingerprint density at radius 2 is 1.95 bits per heavy atom. The predicted octanol–water partition coefficient (Wildman–Crippen LogP) is 5.60. The largest absolute Gasteiger partial charge is 0.463 e. The van der Waals surface area contributed by atoms with Crippen molar-refractivity contribution in [3.8, 4) is 0 Å². The van der Waals surface area contributed by atoms with Crippen molar-refractivity contribution >= 4 is 5.97 Å². The molecule has 0 amide bonds. The van der Waals surface area contributed by atoms with E-state index in [9.17, 15) is 4.79 Å². The van der Waals surface area contributed by atoms with Crippen molar-refractivity contribution in [2.24, 2.45) is 29.1 Å². The molecule has 2 rings (SSSR count). The number of ether oxygens (including phenoxy) is 1. The molecule has 0 aromatic heterocycles. The number of carbonyl (C=O) groups is 1. The zero-order valence-corrected chi connectivity index (χ0v) is 15.4. The van der Waals surface area contributed by atoms with Crippen molar-refractivity contribution < 1.29 is 9.53 Å². The van der Waals surface area contributed by atoms with Gasteiger partial charge < -0.3 is 4.74 Å². The molecule has 2 fully saturated rings. The summed E-state index contributed by atoms with van der Waals surface area (Å²) < 4.78 is 5.24. The first-order valence-electron chi connectivity index (χ1n) is 9.54. The summed E-state index contributed by atoms with van der Waals surface area (Å²) in [4.78, 5) is 11.7. The third-order valence-corrected chi connectivity index (χ3v) is 6.64. The summed E-state index contributed by atoms with van der Waals surface area (Å²) in [5.41, 5.74) is 0.565. The first kappa shape index (κ1) is 17.8. The molecule has 0 bridgehead atoms. The van der Waals surface area contributed by atoms with Crippen LogP contribution in [-0.2, 0) is 9.53 Å². The fourth-order valence-corrected chi connectivity index (χ4v) is 5.63.